The lowest BCUT2D eigenvalue weighted by Crippen LogP contribution is -2.44. The minimum absolute atomic E-state index is 0.0171. The van der Waals surface area contributed by atoms with Gasteiger partial charge in [-0.15, -0.1) is 0 Å². The largest absolute Gasteiger partial charge is 0.445 e. The molecule has 1 saturated heterocycles. The molecule has 1 aromatic carbocycles. The van der Waals surface area contributed by atoms with Gasteiger partial charge in [-0.3, -0.25) is 9.59 Å². The Balaban J connectivity index is 1.33. The molecular formula is C21H22ClN5O4. The van der Waals surface area contributed by atoms with Crippen molar-refractivity contribution in [2.24, 2.45) is 0 Å². The van der Waals surface area contributed by atoms with E-state index in [9.17, 15) is 9.59 Å². The van der Waals surface area contributed by atoms with Crippen LogP contribution in [0.25, 0.3) is 0 Å². The summed E-state index contributed by atoms with van der Waals surface area (Å²) in [6.07, 6.45) is 4.05. The highest BCUT2D eigenvalue weighted by molar-refractivity contribution is 6.30. The number of likely N-dealkylation sites (tertiary alicyclic amines) is 1. The molecule has 162 valence electrons. The number of rotatable bonds is 6. The number of aromatic nitrogens is 3. The Morgan fingerprint density at radius 1 is 1.32 bits per heavy atom. The van der Waals surface area contributed by atoms with E-state index in [0.29, 0.717) is 36.1 Å². The van der Waals surface area contributed by atoms with Gasteiger partial charge in [0, 0.05) is 24.5 Å². The van der Waals surface area contributed by atoms with Crippen LogP contribution in [0.3, 0.4) is 0 Å². The second-order valence-electron chi connectivity index (χ2n) is 7.53. The van der Waals surface area contributed by atoms with Crippen LogP contribution < -0.4 is 5.32 Å². The van der Waals surface area contributed by atoms with Crippen LogP contribution in [0.15, 0.2) is 39.5 Å². The molecule has 2 amide bonds. The summed E-state index contributed by atoms with van der Waals surface area (Å²) >= 11 is 6.04. The summed E-state index contributed by atoms with van der Waals surface area (Å²) in [5, 5.41) is 10.4. The Morgan fingerprint density at radius 3 is 2.97 bits per heavy atom. The highest BCUT2D eigenvalue weighted by atomic mass is 35.5. The molecule has 1 N–H and O–H groups in total. The van der Waals surface area contributed by atoms with E-state index in [2.05, 4.69) is 25.2 Å². The fraction of sp³-hybridized carbons (Fsp3) is 0.381. The number of halogens is 1. The second kappa shape index (κ2) is 9.30. The Morgan fingerprint density at radius 2 is 2.19 bits per heavy atom. The third-order valence-corrected chi connectivity index (χ3v) is 5.47. The number of hydrogen-bond acceptors (Lipinski definition) is 7. The van der Waals surface area contributed by atoms with Crippen molar-refractivity contribution in [2.45, 2.75) is 32.1 Å². The minimum Gasteiger partial charge on any atom is -0.445 e. The zero-order chi connectivity index (χ0) is 21.8. The number of oxazole rings is 1. The number of piperidine rings is 1. The maximum atomic E-state index is 12.6. The van der Waals surface area contributed by atoms with Crippen LogP contribution in [0.5, 0.6) is 0 Å². The predicted octanol–water partition coefficient (Wildman–Crippen LogP) is 2.75. The molecule has 9 nitrogen and oxygen atoms in total. The molecule has 1 aliphatic heterocycles. The Kier molecular flexibility index (Phi) is 6.31. The van der Waals surface area contributed by atoms with Gasteiger partial charge in [0.2, 0.25) is 5.91 Å². The Bertz CT molecular complexity index is 1080. The molecule has 0 bridgehead atoms. The maximum absolute atomic E-state index is 12.6. The van der Waals surface area contributed by atoms with E-state index < -0.39 is 5.91 Å². The SMILES string of the molecule is Cc1nonc1C(=O)NCC(=O)N1CCCC(c2ncc(Cc3cccc(Cl)c3)o2)C1. The topological polar surface area (TPSA) is 114 Å². The zero-order valence-corrected chi connectivity index (χ0v) is 17.8. The van der Waals surface area contributed by atoms with Crippen LogP contribution >= 0.6 is 11.6 Å². The maximum Gasteiger partial charge on any atom is 0.275 e. The fourth-order valence-electron chi connectivity index (χ4n) is 3.64. The molecule has 0 aliphatic carbocycles. The number of carbonyl (C=O) groups excluding carboxylic acids is 2. The number of nitrogens with zero attached hydrogens (tertiary/aromatic N) is 4. The molecule has 1 unspecified atom stereocenters. The average Bonchev–Trinajstić information content (AvgIpc) is 3.41. The molecule has 0 saturated carbocycles. The van der Waals surface area contributed by atoms with Crippen LogP contribution in [0, 0.1) is 6.92 Å². The van der Waals surface area contributed by atoms with E-state index in [4.69, 9.17) is 16.0 Å². The Hall–Kier alpha value is -3.20. The van der Waals surface area contributed by atoms with E-state index in [-0.39, 0.29) is 24.1 Å². The van der Waals surface area contributed by atoms with Crippen molar-refractivity contribution in [2.75, 3.05) is 19.6 Å². The molecule has 10 heteroatoms. The molecular weight excluding hydrogens is 422 g/mol. The lowest BCUT2D eigenvalue weighted by Gasteiger charge is -2.31. The lowest BCUT2D eigenvalue weighted by atomic mass is 9.98. The number of carbonyl (C=O) groups is 2. The summed E-state index contributed by atoms with van der Waals surface area (Å²) in [6, 6.07) is 7.62. The summed E-state index contributed by atoms with van der Waals surface area (Å²) in [5.74, 6) is 0.743. The first kappa shape index (κ1) is 21.0. The highest BCUT2D eigenvalue weighted by Gasteiger charge is 2.28. The highest BCUT2D eigenvalue weighted by Crippen LogP contribution is 2.27. The number of amides is 2. The van der Waals surface area contributed by atoms with E-state index in [1.165, 1.54) is 0 Å². The number of hydrogen-bond donors (Lipinski definition) is 1. The molecule has 4 rings (SSSR count). The van der Waals surface area contributed by atoms with Gasteiger partial charge in [0.05, 0.1) is 18.7 Å². The zero-order valence-electron chi connectivity index (χ0n) is 17.0. The van der Waals surface area contributed by atoms with Crippen molar-refractivity contribution >= 4 is 23.4 Å². The molecule has 3 heterocycles. The van der Waals surface area contributed by atoms with Crippen molar-refractivity contribution in [1.29, 1.82) is 0 Å². The number of aryl methyl sites for hydroxylation is 1. The molecule has 0 spiro atoms. The summed E-state index contributed by atoms with van der Waals surface area (Å²) < 4.78 is 10.5. The van der Waals surface area contributed by atoms with E-state index in [0.717, 1.165) is 24.2 Å². The van der Waals surface area contributed by atoms with Gasteiger partial charge < -0.3 is 14.6 Å². The van der Waals surface area contributed by atoms with E-state index in [1.807, 2.05) is 24.3 Å². The summed E-state index contributed by atoms with van der Waals surface area (Å²) in [4.78, 5) is 30.9. The molecule has 2 aromatic heterocycles. The molecule has 0 radical (unpaired) electrons. The van der Waals surface area contributed by atoms with Gasteiger partial charge in [-0.1, -0.05) is 28.9 Å². The second-order valence-corrected chi connectivity index (χ2v) is 7.97. The molecule has 31 heavy (non-hydrogen) atoms. The first-order valence-corrected chi connectivity index (χ1v) is 10.4. The van der Waals surface area contributed by atoms with Gasteiger partial charge in [-0.25, -0.2) is 9.61 Å². The fourth-order valence-corrected chi connectivity index (χ4v) is 3.85. The molecule has 1 atom stereocenters. The smallest absolute Gasteiger partial charge is 0.275 e. The molecule has 3 aromatic rings. The standard InChI is InChI=1S/C21H22ClN5O4/c1-13-19(26-31-25-13)20(29)23-11-18(28)27-7-3-5-15(12-27)21-24-10-17(30-21)9-14-4-2-6-16(22)8-14/h2,4,6,8,10,15H,3,5,7,9,11-12H2,1H3,(H,23,29). The van der Waals surface area contributed by atoms with Gasteiger partial charge in [0.15, 0.2) is 11.6 Å². The van der Waals surface area contributed by atoms with E-state index >= 15 is 0 Å². The van der Waals surface area contributed by atoms with Crippen molar-refractivity contribution in [1.82, 2.24) is 25.5 Å². The quantitative estimate of drug-likeness (QED) is 0.622. The van der Waals surface area contributed by atoms with Crippen LogP contribution in [-0.2, 0) is 11.2 Å². The van der Waals surface area contributed by atoms with Crippen molar-refractivity contribution in [3.63, 3.8) is 0 Å². The van der Waals surface area contributed by atoms with Crippen molar-refractivity contribution in [3.05, 3.63) is 64.1 Å². The summed E-state index contributed by atoms with van der Waals surface area (Å²) in [7, 11) is 0. The van der Waals surface area contributed by atoms with E-state index in [1.54, 1.807) is 18.0 Å². The van der Waals surface area contributed by atoms with Crippen LogP contribution in [0.4, 0.5) is 0 Å². The van der Waals surface area contributed by atoms with Crippen LogP contribution in [-0.4, -0.2) is 51.6 Å². The van der Waals surface area contributed by atoms with Gasteiger partial charge >= 0.3 is 0 Å². The van der Waals surface area contributed by atoms with Gasteiger partial charge in [-0.05, 0) is 42.6 Å². The van der Waals surface area contributed by atoms with Crippen molar-refractivity contribution in [3.8, 4) is 0 Å². The summed E-state index contributed by atoms with van der Waals surface area (Å²) in [6.45, 7) is 2.62. The monoisotopic (exact) mass is 443 g/mol. The van der Waals surface area contributed by atoms with Crippen LogP contribution in [0.1, 0.15) is 52.2 Å². The van der Waals surface area contributed by atoms with Crippen molar-refractivity contribution < 1.29 is 18.6 Å². The van der Waals surface area contributed by atoms with Crippen LogP contribution in [0.2, 0.25) is 5.02 Å². The van der Waals surface area contributed by atoms with Gasteiger partial charge in [-0.2, -0.15) is 0 Å². The summed E-state index contributed by atoms with van der Waals surface area (Å²) in [5.41, 5.74) is 1.50. The normalized spacial score (nSPS) is 16.3. The Labute approximate surface area is 183 Å². The molecule has 1 aliphatic rings. The van der Waals surface area contributed by atoms with Gasteiger partial charge in [0.25, 0.3) is 5.91 Å². The third-order valence-electron chi connectivity index (χ3n) is 5.23. The molecule has 1 fully saturated rings. The number of benzene rings is 1. The number of nitrogens with one attached hydrogen (secondary N) is 1. The van der Waals surface area contributed by atoms with Gasteiger partial charge in [0.1, 0.15) is 11.5 Å². The minimum atomic E-state index is -0.487. The average molecular weight is 444 g/mol. The first-order valence-electron chi connectivity index (χ1n) is 10.0. The lowest BCUT2D eigenvalue weighted by molar-refractivity contribution is -0.131. The predicted molar refractivity (Wildman–Crippen MR) is 111 cm³/mol. The first-order chi connectivity index (χ1) is 15.0. The third kappa shape index (κ3) is 5.11.